The first kappa shape index (κ1) is 31.4. The van der Waals surface area contributed by atoms with E-state index in [9.17, 15) is 70.7 Å². The molecule has 0 amide bonds. The first-order valence-electron chi connectivity index (χ1n) is 7.74. The zero-order chi connectivity index (χ0) is 27.3. The quantitative estimate of drug-likeness (QED) is 0.152. The minimum Gasteiger partial charge on any atom is -0.466 e. The van der Waals surface area contributed by atoms with E-state index >= 15 is 0 Å². The summed E-state index contributed by atoms with van der Waals surface area (Å²) in [5.74, 6) is -49.7. The van der Waals surface area contributed by atoms with E-state index in [2.05, 4.69) is 9.48 Å². The summed E-state index contributed by atoms with van der Waals surface area (Å²) in [4.78, 5) is 11.1. The number of hydrogen-bond donors (Lipinski definition) is 0. The van der Waals surface area contributed by atoms with Crippen LogP contribution in [0.25, 0.3) is 0 Å². The molecule has 0 aromatic carbocycles. The van der Waals surface area contributed by atoms with Gasteiger partial charge in [-0.2, -0.15) is 65.9 Å². The molecule has 0 aliphatic carbocycles. The Morgan fingerprint density at radius 2 is 1.00 bits per heavy atom. The molecule has 0 spiro atoms. The summed E-state index contributed by atoms with van der Waals surface area (Å²) in [6, 6.07) is 0. The highest BCUT2D eigenvalue weighted by Gasteiger charge is 2.93. The summed E-state index contributed by atoms with van der Waals surface area (Å²) in [6.45, 7) is 2.78. The second kappa shape index (κ2) is 8.56. The minimum atomic E-state index is -8.42. The topological polar surface area (TPSA) is 38.7 Å². The molecule has 0 rings (SSSR count). The van der Waals surface area contributed by atoms with Crippen molar-refractivity contribution in [1.82, 2.24) is 0 Å². The number of carbonyl (C=O) groups excluding carboxylic acids is 1. The first-order valence-corrected chi connectivity index (χ1v) is 10.8. The first-order chi connectivity index (χ1) is 14.1. The second-order valence-corrected chi connectivity index (χ2v) is 11.1. The van der Waals surface area contributed by atoms with Gasteiger partial charge in [0.05, 0.1) is 13.2 Å². The van der Waals surface area contributed by atoms with Crippen LogP contribution in [0.1, 0.15) is 0 Å². The van der Waals surface area contributed by atoms with Crippen molar-refractivity contribution in [2.24, 2.45) is 4.74 Å². The smallest absolute Gasteiger partial charge is 0.460 e. The highest BCUT2D eigenvalue weighted by Crippen LogP contribution is 2.63. The van der Waals surface area contributed by atoms with Crippen LogP contribution in [0.15, 0.2) is 16.5 Å². The van der Waals surface area contributed by atoms with E-state index in [1.165, 1.54) is 0 Å². The highest BCUT2D eigenvalue weighted by atomic mass is 31.2. The fraction of sp³-hybridized carbons (Fsp3) is 0.786. The average molecular weight is 543 g/mol. The summed E-state index contributed by atoms with van der Waals surface area (Å²) in [5, 5.41) is 0. The lowest BCUT2D eigenvalue weighted by atomic mass is 9.90. The van der Waals surface area contributed by atoms with Gasteiger partial charge in [-0.05, 0) is 27.0 Å². The molecule has 0 aromatic rings. The van der Waals surface area contributed by atoms with Gasteiger partial charge in [-0.25, -0.2) is 4.79 Å². The highest BCUT2D eigenvalue weighted by molar-refractivity contribution is 7.64. The number of halogens is 15. The second-order valence-electron chi connectivity index (χ2n) is 7.04. The van der Waals surface area contributed by atoms with Gasteiger partial charge in [0.2, 0.25) is 0 Å². The molecule has 0 N–H and O–H groups in total. The van der Waals surface area contributed by atoms with Gasteiger partial charge < -0.3 is 4.74 Å². The maximum atomic E-state index is 14.3. The lowest BCUT2D eigenvalue weighted by molar-refractivity contribution is -0.450. The number of rotatable bonds is 8. The zero-order valence-electron chi connectivity index (χ0n) is 16.5. The van der Waals surface area contributed by atoms with Crippen molar-refractivity contribution in [2.75, 3.05) is 27.1 Å². The third-order valence-corrected chi connectivity index (χ3v) is 4.33. The van der Waals surface area contributed by atoms with Gasteiger partial charge >= 0.3 is 47.7 Å². The molecule has 0 saturated heterocycles. The van der Waals surface area contributed by atoms with Crippen LogP contribution >= 0.6 is 7.05 Å². The molecule has 19 heteroatoms. The maximum Gasteiger partial charge on any atom is 0.460 e. The monoisotopic (exact) mass is 543 g/mol. The lowest BCUT2D eigenvalue weighted by Gasteiger charge is -2.41. The Labute approximate surface area is 175 Å². The van der Waals surface area contributed by atoms with Crippen molar-refractivity contribution < 1.29 is 75.4 Å². The Kier molecular flexibility index (Phi) is 8.14. The van der Waals surface area contributed by atoms with E-state index in [0.29, 0.717) is 7.11 Å². The summed E-state index contributed by atoms with van der Waals surface area (Å²) in [5.41, 5.74) is -2.71. The summed E-state index contributed by atoms with van der Waals surface area (Å²) in [7, 11) is -2.75. The van der Waals surface area contributed by atoms with E-state index in [0.717, 1.165) is 20.0 Å². The van der Waals surface area contributed by atoms with Crippen LogP contribution in [-0.2, 0) is 9.53 Å². The molecule has 0 atom stereocenters. The Morgan fingerprint density at radius 1 is 0.667 bits per heavy atom. The third-order valence-electron chi connectivity index (χ3n) is 3.51. The molecule has 0 fully saturated rings. The molecule has 0 aliphatic rings. The van der Waals surface area contributed by atoms with Crippen LogP contribution < -0.4 is 0 Å². The van der Waals surface area contributed by atoms with Crippen molar-refractivity contribution in [3.05, 3.63) is 11.8 Å². The Balaban J connectivity index is 7.10. The van der Waals surface area contributed by atoms with Crippen LogP contribution in [-0.4, -0.2) is 74.8 Å². The van der Waals surface area contributed by atoms with Crippen molar-refractivity contribution in [1.29, 1.82) is 0 Å². The maximum absolute atomic E-state index is 14.3. The molecule has 33 heavy (non-hydrogen) atoms. The molecule has 0 bridgehead atoms. The van der Waals surface area contributed by atoms with Gasteiger partial charge in [0.25, 0.3) is 0 Å². The van der Waals surface area contributed by atoms with Crippen LogP contribution in [0, 0.1) is 0 Å². The number of methoxy groups -OCH3 is 1. The Hall–Kier alpha value is -1.61. The predicted molar refractivity (Wildman–Crippen MR) is 83.0 cm³/mol. The van der Waals surface area contributed by atoms with Crippen molar-refractivity contribution >= 4 is 13.0 Å². The van der Waals surface area contributed by atoms with E-state index in [1.807, 2.05) is 0 Å². The largest absolute Gasteiger partial charge is 0.466 e. The normalized spacial score (nSPS) is 16.0. The van der Waals surface area contributed by atoms with Gasteiger partial charge in [0.1, 0.15) is 5.70 Å². The average Bonchev–Trinajstić information content (AvgIpc) is 2.57. The van der Waals surface area contributed by atoms with Crippen molar-refractivity contribution in [3.63, 3.8) is 0 Å². The minimum absolute atomic E-state index is 0.446. The summed E-state index contributed by atoms with van der Waals surface area (Å²) < 4.78 is 206. The molecule has 196 valence electrons. The fourth-order valence-corrected chi connectivity index (χ4v) is 2.63. The number of esters is 1. The van der Waals surface area contributed by atoms with Crippen LogP contribution in [0.2, 0.25) is 0 Å². The van der Waals surface area contributed by atoms with Gasteiger partial charge in [-0.1, -0.05) is 0 Å². The van der Waals surface area contributed by atoms with Gasteiger partial charge in [-0.3, -0.25) is 4.74 Å². The van der Waals surface area contributed by atoms with Gasteiger partial charge in [-0.15, -0.1) is 0 Å². The molecule has 0 saturated carbocycles. The standard InChI is InChI=1S/C14H13F15NO2P/c1-32-7(31)5-6(30-33(2,3)4)8(15,16)9(17,18)10(19,20)11(21,22)12(23,24)13(25,26)14(27,28)29/h5H,1-4H3/b6-5-. The third kappa shape index (κ3) is 5.09. The SMILES string of the molecule is COC(=O)/C=C(\N=P(C)(C)C)C(F)(F)C(F)(F)C(F)(F)C(F)(F)C(F)(F)C(F)(F)C(F)(F)F. The van der Waals surface area contributed by atoms with Crippen LogP contribution in [0.4, 0.5) is 65.9 Å². The van der Waals surface area contributed by atoms with Crippen molar-refractivity contribution in [3.8, 4) is 0 Å². The van der Waals surface area contributed by atoms with Crippen molar-refractivity contribution in [2.45, 2.75) is 41.7 Å². The number of hydrogen-bond acceptors (Lipinski definition) is 3. The number of carbonyl (C=O) groups is 1. The van der Waals surface area contributed by atoms with Crippen LogP contribution in [0.3, 0.4) is 0 Å². The number of alkyl halides is 15. The Morgan fingerprint density at radius 3 is 1.30 bits per heavy atom. The van der Waals surface area contributed by atoms with E-state index in [1.54, 1.807) is 0 Å². The number of allylic oxidation sites excluding steroid dienone is 1. The molecule has 0 unspecified atom stereocenters. The van der Waals surface area contributed by atoms with E-state index in [-0.39, 0.29) is 0 Å². The summed E-state index contributed by atoms with van der Waals surface area (Å²) >= 11 is 0. The number of ether oxygens (including phenoxy) is 1. The Bertz CT molecular complexity index is 830. The molecule has 0 aliphatic heterocycles. The van der Waals surface area contributed by atoms with Gasteiger partial charge in [0, 0.05) is 0 Å². The number of nitrogens with zero attached hydrogens (tertiary/aromatic N) is 1. The zero-order valence-corrected chi connectivity index (χ0v) is 17.4. The molecule has 0 aromatic heterocycles. The molecule has 0 radical (unpaired) electrons. The molecule has 3 nitrogen and oxygen atoms in total. The predicted octanol–water partition coefficient (Wildman–Crippen LogP) is 6.51. The summed E-state index contributed by atoms with van der Waals surface area (Å²) in [6.07, 6.45) is -8.38. The van der Waals surface area contributed by atoms with Crippen LogP contribution in [0.5, 0.6) is 0 Å². The van der Waals surface area contributed by atoms with E-state index in [4.69, 9.17) is 0 Å². The molecular formula is C14H13F15NO2P. The lowest BCUT2D eigenvalue weighted by Crippen LogP contribution is -2.72. The molecular weight excluding hydrogens is 530 g/mol. The van der Waals surface area contributed by atoms with E-state index < -0.39 is 66.5 Å². The molecule has 0 heterocycles. The van der Waals surface area contributed by atoms with Gasteiger partial charge in [0.15, 0.2) is 0 Å². The fourth-order valence-electron chi connectivity index (χ4n) is 1.80.